The molecule has 0 saturated heterocycles. The zero-order chi connectivity index (χ0) is 13.8. The highest BCUT2D eigenvalue weighted by molar-refractivity contribution is 9.10. The Bertz CT molecular complexity index is 455. The molecule has 3 nitrogen and oxygen atoms in total. The van der Waals surface area contributed by atoms with Crippen molar-refractivity contribution >= 4 is 21.9 Å². The highest BCUT2D eigenvalue weighted by Gasteiger charge is 2.18. The van der Waals surface area contributed by atoms with Crippen molar-refractivity contribution in [3.8, 4) is 0 Å². The maximum atomic E-state index is 10.9. The molecule has 1 aliphatic rings. The minimum atomic E-state index is -0.882. The normalized spacial score (nSPS) is 16.8. The van der Waals surface area contributed by atoms with E-state index in [-0.39, 0.29) is 0 Å². The highest BCUT2D eigenvalue weighted by atomic mass is 79.9. The van der Waals surface area contributed by atoms with Gasteiger partial charge in [-0.15, -0.1) is 0 Å². The third kappa shape index (κ3) is 3.80. The lowest BCUT2D eigenvalue weighted by Crippen LogP contribution is -2.32. The molecule has 0 aliphatic heterocycles. The summed E-state index contributed by atoms with van der Waals surface area (Å²) in [6, 6.07) is 5.94. The molecule has 0 unspecified atom stereocenters. The number of halogens is 1. The number of nitrogens with zero attached hydrogens (tertiary/aromatic N) is 1. The van der Waals surface area contributed by atoms with Crippen LogP contribution in [0.4, 0.5) is 0 Å². The average Bonchev–Trinajstić information content (AvgIpc) is 2.41. The summed E-state index contributed by atoms with van der Waals surface area (Å²) in [7, 11) is 2.16. The fourth-order valence-corrected chi connectivity index (χ4v) is 3.23. The summed E-state index contributed by atoms with van der Waals surface area (Å²) in [4.78, 5) is 13.3. The number of aromatic carboxylic acids is 1. The molecule has 1 saturated carbocycles. The van der Waals surface area contributed by atoms with Crippen molar-refractivity contribution in [2.75, 3.05) is 7.05 Å². The Hall–Kier alpha value is -0.870. The van der Waals surface area contributed by atoms with E-state index in [1.54, 1.807) is 12.1 Å². The quantitative estimate of drug-likeness (QED) is 0.912. The zero-order valence-electron chi connectivity index (χ0n) is 11.2. The van der Waals surface area contributed by atoms with Crippen LogP contribution < -0.4 is 0 Å². The molecule has 0 heterocycles. The van der Waals surface area contributed by atoms with Gasteiger partial charge in [-0.1, -0.05) is 41.3 Å². The zero-order valence-corrected chi connectivity index (χ0v) is 12.8. The first-order valence-corrected chi connectivity index (χ1v) is 7.59. The minimum absolute atomic E-state index is 0.330. The van der Waals surface area contributed by atoms with E-state index in [0.29, 0.717) is 11.6 Å². The van der Waals surface area contributed by atoms with Crippen LogP contribution in [0.1, 0.15) is 48.0 Å². The molecule has 0 atom stereocenters. The van der Waals surface area contributed by atoms with Gasteiger partial charge >= 0.3 is 5.97 Å². The molecule has 0 spiro atoms. The fourth-order valence-electron chi connectivity index (χ4n) is 2.73. The second-order valence-corrected chi connectivity index (χ2v) is 6.17. The monoisotopic (exact) mass is 325 g/mol. The molecular weight excluding hydrogens is 306 g/mol. The van der Waals surface area contributed by atoms with Crippen LogP contribution in [0.3, 0.4) is 0 Å². The van der Waals surface area contributed by atoms with Gasteiger partial charge in [-0.05, 0) is 37.6 Å². The number of carboxylic acids is 1. The number of rotatable bonds is 4. The molecule has 0 amide bonds. The van der Waals surface area contributed by atoms with Crippen LogP contribution in [-0.2, 0) is 6.54 Å². The molecule has 1 aromatic rings. The number of carbonyl (C=O) groups is 1. The van der Waals surface area contributed by atoms with Gasteiger partial charge in [0.1, 0.15) is 0 Å². The molecular formula is C15H20BrNO2. The van der Waals surface area contributed by atoms with E-state index < -0.39 is 5.97 Å². The molecule has 104 valence electrons. The first-order chi connectivity index (χ1) is 9.08. The first kappa shape index (κ1) is 14.5. The summed E-state index contributed by atoms with van der Waals surface area (Å²) >= 11 is 3.48. The Balaban J connectivity index is 2.03. The van der Waals surface area contributed by atoms with E-state index in [9.17, 15) is 4.79 Å². The molecule has 19 heavy (non-hydrogen) atoms. The lowest BCUT2D eigenvalue weighted by Gasteiger charge is -2.31. The van der Waals surface area contributed by atoms with Crippen LogP contribution in [0.25, 0.3) is 0 Å². The molecule has 4 heteroatoms. The topological polar surface area (TPSA) is 40.5 Å². The van der Waals surface area contributed by atoms with E-state index >= 15 is 0 Å². The molecule has 1 aliphatic carbocycles. The predicted molar refractivity (Wildman–Crippen MR) is 79.4 cm³/mol. The molecule has 0 radical (unpaired) electrons. The van der Waals surface area contributed by atoms with Crippen LogP contribution in [0.5, 0.6) is 0 Å². The summed E-state index contributed by atoms with van der Waals surface area (Å²) in [5.74, 6) is -0.882. The van der Waals surface area contributed by atoms with Crippen molar-refractivity contribution in [1.29, 1.82) is 0 Å². The van der Waals surface area contributed by atoms with E-state index in [1.807, 2.05) is 6.07 Å². The van der Waals surface area contributed by atoms with Gasteiger partial charge < -0.3 is 5.11 Å². The van der Waals surface area contributed by atoms with Crippen LogP contribution >= 0.6 is 15.9 Å². The lowest BCUT2D eigenvalue weighted by atomic mass is 9.94. The van der Waals surface area contributed by atoms with Gasteiger partial charge in [0.15, 0.2) is 0 Å². The smallest absolute Gasteiger partial charge is 0.335 e. The van der Waals surface area contributed by atoms with Crippen LogP contribution in [0.15, 0.2) is 22.7 Å². The second-order valence-electron chi connectivity index (χ2n) is 5.32. The summed E-state index contributed by atoms with van der Waals surface area (Å²) in [5, 5.41) is 8.95. The standard InChI is InChI=1S/C15H20BrNO2/c1-17(13-5-3-2-4-6-13)10-12-8-7-11(15(18)19)9-14(12)16/h7-9,13H,2-6,10H2,1H3,(H,18,19). The lowest BCUT2D eigenvalue weighted by molar-refractivity contribution is 0.0696. The molecule has 2 rings (SSSR count). The number of carboxylic acid groups (broad SMARTS) is 1. The summed E-state index contributed by atoms with van der Waals surface area (Å²) in [6.45, 7) is 0.866. The maximum Gasteiger partial charge on any atom is 0.335 e. The minimum Gasteiger partial charge on any atom is -0.478 e. The molecule has 0 aromatic heterocycles. The Morgan fingerprint density at radius 2 is 2.05 bits per heavy atom. The van der Waals surface area contributed by atoms with Crippen molar-refractivity contribution < 1.29 is 9.90 Å². The van der Waals surface area contributed by atoms with Gasteiger partial charge in [0.25, 0.3) is 0 Å². The van der Waals surface area contributed by atoms with Crippen molar-refractivity contribution in [2.45, 2.75) is 44.7 Å². The van der Waals surface area contributed by atoms with Gasteiger partial charge in [0, 0.05) is 17.1 Å². The number of benzene rings is 1. The van der Waals surface area contributed by atoms with Gasteiger partial charge in [0.2, 0.25) is 0 Å². The maximum absolute atomic E-state index is 10.9. The Morgan fingerprint density at radius 3 is 2.63 bits per heavy atom. The SMILES string of the molecule is CN(Cc1ccc(C(=O)O)cc1Br)C1CCCCC1. The van der Waals surface area contributed by atoms with Crippen LogP contribution in [0.2, 0.25) is 0 Å². The van der Waals surface area contributed by atoms with E-state index in [2.05, 4.69) is 27.9 Å². The fraction of sp³-hybridized carbons (Fsp3) is 0.533. The Morgan fingerprint density at radius 1 is 1.37 bits per heavy atom. The van der Waals surface area contributed by atoms with Crippen molar-refractivity contribution in [3.63, 3.8) is 0 Å². The molecule has 1 N–H and O–H groups in total. The van der Waals surface area contributed by atoms with Crippen molar-refractivity contribution in [1.82, 2.24) is 4.90 Å². The third-order valence-corrected chi connectivity index (χ3v) is 4.66. The summed E-state index contributed by atoms with van der Waals surface area (Å²) < 4.78 is 0.884. The summed E-state index contributed by atoms with van der Waals surface area (Å²) in [5.41, 5.74) is 1.48. The Labute approximate surface area is 122 Å². The first-order valence-electron chi connectivity index (χ1n) is 6.80. The van der Waals surface area contributed by atoms with Gasteiger partial charge in [0.05, 0.1) is 5.56 Å². The van der Waals surface area contributed by atoms with E-state index in [4.69, 9.17) is 5.11 Å². The summed E-state index contributed by atoms with van der Waals surface area (Å²) in [6.07, 6.45) is 6.58. The van der Waals surface area contributed by atoms with E-state index in [0.717, 1.165) is 16.6 Å². The van der Waals surface area contributed by atoms with Gasteiger partial charge in [-0.3, -0.25) is 4.90 Å². The second kappa shape index (κ2) is 6.53. The molecule has 1 fully saturated rings. The van der Waals surface area contributed by atoms with E-state index in [1.165, 1.54) is 32.1 Å². The average molecular weight is 326 g/mol. The predicted octanol–water partition coefficient (Wildman–Crippen LogP) is 3.91. The largest absolute Gasteiger partial charge is 0.478 e. The highest BCUT2D eigenvalue weighted by Crippen LogP contribution is 2.25. The van der Waals surface area contributed by atoms with Crippen molar-refractivity contribution in [3.05, 3.63) is 33.8 Å². The van der Waals surface area contributed by atoms with Gasteiger partial charge in [-0.2, -0.15) is 0 Å². The van der Waals surface area contributed by atoms with Crippen molar-refractivity contribution in [2.24, 2.45) is 0 Å². The number of hydrogen-bond acceptors (Lipinski definition) is 2. The van der Waals surface area contributed by atoms with Crippen LogP contribution in [0, 0.1) is 0 Å². The van der Waals surface area contributed by atoms with Crippen LogP contribution in [-0.4, -0.2) is 29.1 Å². The third-order valence-electron chi connectivity index (χ3n) is 3.92. The molecule has 0 bridgehead atoms. The Kier molecular flexibility index (Phi) is 4.99. The van der Waals surface area contributed by atoms with Gasteiger partial charge in [-0.25, -0.2) is 4.79 Å². The molecule has 1 aromatic carbocycles. The number of hydrogen-bond donors (Lipinski definition) is 1.